The molecule has 2 aromatic rings. The number of hydrogen-bond acceptors (Lipinski definition) is 3. The third-order valence-corrected chi connectivity index (χ3v) is 4.45. The minimum Gasteiger partial charge on any atom is -0.359 e. The van der Waals surface area contributed by atoms with Crippen molar-refractivity contribution in [2.75, 3.05) is 20.1 Å². The average Bonchev–Trinajstić information content (AvgIpc) is 3.20. The number of benzene rings is 1. The van der Waals surface area contributed by atoms with Crippen molar-refractivity contribution < 1.29 is 14.0 Å². The van der Waals surface area contributed by atoms with Gasteiger partial charge in [0.05, 0.1) is 17.7 Å². The lowest BCUT2D eigenvalue weighted by Crippen LogP contribution is -2.34. The van der Waals surface area contributed by atoms with Gasteiger partial charge in [0.1, 0.15) is 5.82 Å². The maximum atomic E-state index is 13.9. The molecular formula is C17H19FN4O2. The maximum Gasteiger partial charge on any atom is 0.256 e. The SMILES string of the molecule is CNC(=O)[C@H]1CN(C(=O)c2ccccc2F)C[C@@H]1c1cnn(C)c1. The number of carbonyl (C=O) groups is 2. The van der Waals surface area contributed by atoms with E-state index in [1.54, 1.807) is 37.1 Å². The Kier molecular flexibility index (Phi) is 4.33. The van der Waals surface area contributed by atoms with Gasteiger partial charge in [-0.1, -0.05) is 12.1 Å². The van der Waals surface area contributed by atoms with Gasteiger partial charge in [-0.25, -0.2) is 4.39 Å². The van der Waals surface area contributed by atoms with Crippen LogP contribution >= 0.6 is 0 Å². The standard InChI is InChI=1S/C17H19FN4O2/c1-19-16(23)14-10-22(9-13(14)11-7-20-21(2)8-11)17(24)12-5-3-4-6-15(12)18/h3-8,13-14H,9-10H2,1-2H3,(H,19,23)/t13-,14+/m1/s1. The highest BCUT2D eigenvalue weighted by atomic mass is 19.1. The summed E-state index contributed by atoms with van der Waals surface area (Å²) in [5.41, 5.74) is 0.926. The van der Waals surface area contributed by atoms with Crippen molar-refractivity contribution in [3.63, 3.8) is 0 Å². The van der Waals surface area contributed by atoms with Crippen molar-refractivity contribution in [2.24, 2.45) is 13.0 Å². The summed E-state index contributed by atoms with van der Waals surface area (Å²) in [7, 11) is 3.37. The summed E-state index contributed by atoms with van der Waals surface area (Å²) in [6.07, 6.45) is 3.55. The Morgan fingerprint density at radius 3 is 2.67 bits per heavy atom. The normalized spacial score (nSPS) is 20.2. The van der Waals surface area contributed by atoms with Crippen LogP contribution in [0.1, 0.15) is 21.8 Å². The van der Waals surface area contributed by atoms with E-state index in [2.05, 4.69) is 10.4 Å². The smallest absolute Gasteiger partial charge is 0.256 e. The molecule has 24 heavy (non-hydrogen) atoms. The first kappa shape index (κ1) is 16.2. The molecule has 0 spiro atoms. The second-order valence-electron chi connectivity index (χ2n) is 5.96. The fraction of sp³-hybridized carbons (Fsp3) is 0.353. The lowest BCUT2D eigenvalue weighted by molar-refractivity contribution is -0.124. The zero-order chi connectivity index (χ0) is 17.3. The Balaban J connectivity index is 1.88. The van der Waals surface area contributed by atoms with Crippen molar-refractivity contribution in [2.45, 2.75) is 5.92 Å². The lowest BCUT2D eigenvalue weighted by atomic mass is 9.90. The van der Waals surface area contributed by atoms with E-state index in [0.29, 0.717) is 6.54 Å². The summed E-state index contributed by atoms with van der Waals surface area (Å²) in [6, 6.07) is 5.89. The highest BCUT2D eigenvalue weighted by molar-refractivity contribution is 5.95. The first-order chi connectivity index (χ1) is 11.5. The molecule has 1 aromatic carbocycles. The number of aryl methyl sites for hydroxylation is 1. The molecule has 1 aliphatic heterocycles. The number of amides is 2. The second-order valence-corrected chi connectivity index (χ2v) is 5.96. The minimum atomic E-state index is -0.552. The lowest BCUT2D eigenvalue weighted by Gasteiger charge is -2.16. The van der Waals surface area contributed by atoms with E-state index in [1.807, 2.05) is 6.20 Å². The first-order valence-corrected chi connectivity index (χ1v) is 7.75. The summed E-state index contributed by atoms with van der Waals surface area (Å²) in [5.74, 6) is -1.62. The zero-order valence-electron chi connectivity index (χ0n) is 13.6. The van der Waals surface area contributed by atoms with Crippen LogP contribution < -0.4 is 5.32 Å². The van der Waals surface area contributed by atoms with E-state index in [0.717, 1.165) is 5.56 Å². The molecule has 1 aliphatic rings. The van der Waals surface area contributed by atoms with Crippen LogP contribution in [0.2, 0.25) is 0 Å². The molecule has 2 atom stereocenters. The fourth-order valence-electron chi connectivity index (χ4n) is 3.20. The molecule has 7 heteroatoms. The van der Waals surface area contributed by atoms with Gasteiger partial charge in [0.2, 0.25) is 5.91 Å². The van der Waals surface area contributed by atoms with Gasteiger partial charge in [-0.15, -0.1) is 0 Å². The number of likely N-dealkylation sites (tertiary alicyclic amines) is 1. The molecule has 0 aliphatic carbocycles. The summed E-state index contributed by atoms with van der Waals surface area (Å²) in [6.45, 7) is 0.614. The van der Waals surface area contributed by atoms with Gasteiger partial charge in [0.25, 0.3) is 5.91 Å². The molecule has 2 amide bonds. The Bertz CT molecular complexity index is 773. The third kappa shape index (κ3) is 2.89. The van der Waals surface area contributed by atoms with Gasteiger partial charge in [-0.05, 0) is 17.7 Å². The van der Waals surface area contributed by atoms with Crippen LogP contribution in [-0.2, 0) is 11.8 Å². The van der Waals surface area contributed by atoms with Crippen LogP contribution in [0.3, 0.4) is 0 Å². The zero-order valence-corrected chi connectivity index (χ0v) is 13.6. The Morgan fingerprint density at radius 2 is 2.04 bits per heavy atom. The predicted octanol–water partition coefficient (Wildman–Crippen LogP) is 1.16. The monoisotopic (exact) mass is 330 g/mol. The van der Waals surface area contributed by atoms with Crippen molar-refractivity contribution in [1.29, 1.82) is 0 Å². The molecule has 1 fully saturated rings. The molecule has 0 unspecified atom stereocenters. The maximum absolute atomic E-state index is 13.9. The largest absolute Gasteiger partial charge is 0.359 e. The molecule has 2 heterocycles. The summed E-state index contributed by atoms with van der Waals surface area (Å²) in [4.78, 5) is 26.4. The Morgan fingerprint density at radius 1 is 1.29 bits per heavy atom. The molecule has 6 nitrogen and oxygen atoms in total. The van der Waals surface area contributed by atoms with Crippen LogP contribution in [0.15, 0.2) is 36.7 Å². The number of nitrogens with zero attached hydrogens (tertiary/aromatic N) is 3. The number of halogens is 1. The number of hydrogen-bond donors (Lipinski definition) is 1. The third-order valence-electron chi connectivity index (χ3n) is 4.45. The van der Waals surface area contributed by atoms with Gasteiger partial charge in [0.15, 0.2) is 0 Å². The second kappa shape index (κ2) is 6.43. The quantitative estimate of drug-likeness (QED) is 0.918. The molecule has 0 saturated carbocycles. The van der Waals surface area contributed by atoms with Crippen LogP contribution in [0, 0.1) is 11.7 Å². The highest BCUT2D eigenvalue weighted by Crippen LogP contribution is 2.33. The summed E-state index contributed by atoms with van der Waals surface area (Å²) < 4.78 is 15.6. The molecule has 0 bridgehead atoms. The van der Waals surface area contributed by atoms with E-state index in [1.165, 1.54) is 17.0 Å². The van der Waals surface area contributed by atoms with Crippen molar-refractivity contribution >= 4 is 11.8 Å². The van der Waals surface area contributed by atoms with Gasteiger partial charge in [-0.2, -0.15) is 5.10 Å². The van der Waals surface area contributed by atoms with Crippen LogP contribution in [0.5, 0.6) is 0 Å². The van der Waals surface area contributed by atoms with Crippen LogP contribution in [0.25, 0.3) is 0 Å². The molecule has 0 radical (unpaired) electrons. The summed E-state index contributed by atoms with van der Waals surface area (Å²) in [5, 5.41) is 6.79. The van der Waals surface area contributed by atoms with E-state index in [9.17, 15) is 14.0 Å². The van der Waals surface area contributed by atoms with Gasteiger partial charge in [-0.3, -0.25) is 14.3 Å². The van der Waals surface area contributed by atoms with Gasteiger partial charge < -0.3 is 10.2 Å². The molecule has 126 valence electrons. The van der Waals surface area contributed by atoms with Crippen LogP contribution in [0.4, 0.5) is 4.39 Å². The molecular weight excluding hydrogens is 311 g/mol. The van der Waals surface area contributed by atoms with Crippen molar-refractivity contribution in [1.82, 2.24) is 20.0 Å². The topological polar surface area (TPSA) is 67.2 Å². The average molecular weight is 330 g/mol. The number of rotatable bonds is 3. The number of nitrogens with one attached hydrogen (secondary N) is 1. The molecule has 1 N–H and O–H groups in total. The molecule has 1 aromatic heterocycles. The highest BCUT2D eigenvalue weighted by Gasteiger charge is 2.41. The number of carbonyl (C=O) groups excluding carboxylic acids is 2. The van der Waals surface area contributed by atoms with Gasteiger partial charge in [0, 0.05) is 39.3 Å². The Labute approximate surface area is 139 Å². The van der Waals surface area contributed by atoms with E-state index >= 15 is 0 Å². The first-order valence-electron chi connectivity index (χ1n) is 7.75. The Hall–Kier alpha value is -2.70. The van der Waals surface area contributed by atoms with Crippen molar-refractivity contribution in [3.8, 4) is 0 Å². The number of aromatic nitrogens is 2. The van der Waals surface area contributed by atoms with Crippen molar-refractivity contribution in [3.05, 3.63) is 53.6 Å². The molecule has 1 saturated heterocycles. The van der Waals surface area contributed by atoms with Crippen LogP contribution in [-0.4, -0.2) is 46.6 Å². The fourth-order valence-corrected chi connectivity index (χ4v) is 3.20. The minimum absolute atomic E-state index is 0.0278. The summed E-state index contributed by atoms with van der Waals surface area (Å²) >= 11 is 0. The van der Waals surface area contributed by atoms with Gasteiger partial charge >= 0.3 is 0 Å². The van der Waals surface area contributed by atoms with E-state index < -0.39 is 11.7 Å². The van der Waals surface area contributed by atoms with E-state index in [-0.39, 0.29) is 29.9 Å². The molecule has 3 rings (SSSR count). The predicted molar refractivity (Wildman–Crippen MR) is 85.8 cm³/mol. The van der Waals surface area contributed by atoms with E-state index in [4.69, 9.17) is 0 Å².